The van der Waals surface area contributed by atoms with Crippen LogP contribution in [0.25, 0.3) is 0 Å². The lowest BCUT2D eigenvalue weighted by Gasteiger charge is -2.34. The summed E-state index contributed by atoms with van der Waals surface area (Å²) in [6.45, 7) is 2.87. The number of hydrogen-bond acceptors (Lipinski definition) is 1. The minimum atomic E-state index is -0.865. The fourth-order valence-corrected chi connectivity index (χ4v) is 3.67. The van der Waals surface area contributed by atoms with E-state index in [1.54, 1.807) is 0 Å². The van der Waals surface area contributed by atoms with Crippen molar-refractivity contribution in [2.45, 2.75) is 31.6 Å². The number of benzene rings is 3. The maximum Gasteiger partial charge on any atom is 0.239 e. The molecular formula is C25H27NO. The van der Waals surface area contributed by atoms with Crippen molar-refractivity contribution in [2.75, 3.05) is 6.54 Å². The molecule has 0 fully saturated rings. The Morgan fingerprint density at radius 1 is 0.704 bits per heavy atom. The molecule has 0 bridgehead atoms. The van der Waals surface area contributed by atoms with Crippen molar-refractivity contribution in [3.8, 4) is 0 Å². The van der Waals surface area contributed by atoms with Crippen molar-refractivity contribution in [2.24, 2.45) is 0 Å². The van der Waals surface area contributed by atoms with Gasteiger partial charge in [0.15, 0.2) is 0 Å². The first-order chi connectivity index (χ1) is 13.3. The average Bonchev–Trinajstić information content (AvgIpc) is 2.74. The second-order valence-electron chi connectivity index (χ2n) is 6.81. The second kappa shape index (κ2) is 9.18. The molecule has 0 saturated heterocycles. The smallest absolute Gasteiger partial charge is 0.239 e. The number of carbonyl (C=O) groups is 1. The van der Waals surface area contributed by atoms with Gasteiger partial charge in [-0.15, -0.1) is 0 Å². The first-order valence-electron chi connectivity index (χ1n) is 9.75. The van der Waals surface area contributed by atoms with Crippen LogP contribution in [0.2, 0.25) is 0 Å². The van der Waals surface area contributed by atoms with Gasteiger partial charge < -0.3 is 5.32 Å². The van der Waals surface area contributed by atoms with Crippen LogP contribution in [0, 0.1) is 0 Å². The van der Waals surface area contributed by atoms with Gasteiger partial charge in [-0.05, 0) is 23.1 Å². The Labute approximate surface area is 162 Å². The fraction of sp³-hybridized carbons (Fsp3) is 0.240. The van der Waals surface area contributed by atoms with Crippen molar-refractivity contribution < 1.29 is 4.79 Å². The van der Waals surface area contributed by atoms with Crippen LogP contribution in [0.4, 0.5) is 0 Å². The first-order valence-corrected chi connectivity index (χ1v) is 9.75. The lowest BCUT2D eigenvalue weighted by atomic mass is 9.68. The number of rotatable bonds is 8. The molecule has 0 saturated carbocycles. The van der Waals surface area contributed by atoms with Gasteiger partial charge >= 0.3 is 0 Å². The summed E-state index contributed by atoms with van der Waals surface area (Å²) in [6, 6.07) is 30.3. The highest BCUT2D eigenvalue weighted by atomic mass is 16.2. The number of unbranched alkanes of at least 4 members (excludes halogenated alkanes) is 2. The predicted molar refractivity (Wildman–Crippen MR) is 112 cm³/mol. The van der Waals surface area contributed by atoms with Crippen molar-refractivity contribution >= 4 is 5.91 Å². The summed E-state index contributed by atoms with van der Waals surface area (Å²) in [7, 11) is 0. The molecular weight excluding hydrogens is 330 g/mol. The monoisotopic (exact) mass is 357 g/mol. The van der Waals surface area contributed by atoms with Crippen LogP contribution < -0.4 is 5.32 Å². The zero-order valence-corrected chi connectivity index (χ0v) is 15.9. The molecule has 0 radical (unpaired) electrons. The molecule has 0 atom stereocenters. The molecule has 0 heterocycles. The lowest BCUT2D eigenvalue weighted by Crippen LogP contribution is -2.46. The van der Waals surface area contributed by atoms with Gasteiger partial charge in [-0.1, -0.05) is 111 Å². The molecule has 1 amide bonds. The van der Waals surface area contributed by atoms with Gasteiger partial charge in [-0.25, -0.2) is 0 Å². The fourth-order valence-electron chi connectivity index (χ4n) is 3.67. The molecule has 0 aliphatic heterocycles. The van der Waals surface area contributed by atoms with E-state index in [2.05, 4.69) is 12.2 Å². The molecule has 3 aromatic carbocycles. The Balaban J connectivity index is 2.15. The van der Waals surface area contributed by atoms with Gasteiger partial charge in [0.1, 0.15) is 5.41 Å². The van der Waals surface area contributed by atoms with E-state index < -0.39 is 5.41 Å². The zero-order valence-electron chi connectivity index (χ0n) is 15.9. The highest BCUT2D eigenvalue weighted by Gasteiger charge is 2.43. The van der Waals surface area contributed by atoms with Crippen molar-refractivity contribution in [3.05, 3.63) is 108 Å². The summed E-state index contributed by atoms with van der Waals surface area (Å²) in [5.74, 6) is 0.0298. The van der Waals surface area contributed by atoms with Crippen LogP contribution in [0.15, 0.2) is 91.0 Å². The molecule has 0 aromatic heterocycles. The third-order valence-electron chi connectivity index (χ3n) is 5.03. The summed E-state index contributed by atoms with van der Waals surface area (Å²) in [6.07, 6.45) is 3.25. The Morgan fingerprint density at radius 3 is 1.48 bits per heavy atom. The van der Waals surface area contributed by atoms with E-state index in [-0.39, 0.29) is 5.91 Å². The molecule has 3 aromatic rings. The molecule has 0 spiro atoms. The second-order valence-corrected chi connectivity index (χ2v) is 6.81. The van der Waals surface area contributed by atoms with Crippen LogP contribution in [0.3, 0.4) is 0 Å². The summed E-state index contributed by atoms with van der Waals surface area (Å²) >= 11 is 0. The molecule has 138 valence electrons. The number of hydrogen-bond donors (Lipinski definition) is 1. The topological polar surface area (TPSA) is 29.1 Å². The van der Waals surface area contributed by atoms with E-state index in [1.165, 1.54) is 0 Å². The maximum atomic E-state index is 13.7. The van der Waals surface area contributed by atoms with Gasteiger partial charge in [0.2, 0.25) is 5.91 Å². The van der Waals surface area contributed by atoms with E-state index in [9.17, 15) is 4.79 Å². The van der Waals surface area contributed by atoms with E-state index >= 15 is 0 Å². The van der Waals surface area contributed by atoms with Crippen molar-refractivity contribution in [3.63, 3.8) is 0 Å². The van der Waals surface area contributed by atoms with E-state index in [0.717, 1.165) is 36.0 Å². The normalized spacial score (nSPS) is 11.1. The molecule has 2 nitrogen and oxygen atoms in total. The quantitative estimate of drug-likeness (QED) is 0.428. The number of nitrogens with one attached hydrogen (secondary N) is 1. The Hall–Kier alpha value is -2.87. The van der Waals surface area contributed by atoms with Gasteiger partial charge in [-0.3, -0.25) is 4.79 Å². The van der Waals surface area contributed by atoms with Crippen LogP contribution in [-0.4, -0.2) is 12.5 Å². The Bertz CT molecular complexity index is 731. The molecule has 0 unspecified atom stereocenters. The van der Waals surface area contributed by atoms with E-state index in [0.29, 0.717) is 6.54 Å². The van der Waals surface area contributed by atoms with Crippen molar-refractivity contribution in [1.82, 2.24) is 5.32 Å². The molecule has 2 heteroatoms. The Kier molecular flexibility index (Phi) is 6.43. The molecule has 1 N–H and O–H groups in total. The standard InChI is InChI=1S/C25H27NO/c1-2-3-13-20-26-24(27)25(21-14-7-4-8-15-21,22-16-9-5-10-17-22)23-18-11-6-12-19-23/h4-12,14-19H,2-3,13,20H2,1H3,(H,26,27). The molecule has 0 aliphatic carbocycles. The SMILES string of the molecule is CCCCCNC(=O)C(c1ccccc1)(c1ccccc1)c1ccccc1. The summed E-state index contributed by atoms with van der Waals surface area (Å²) < 4.78 is 0. The zero-order chi connectivity index (χ0) is 19.0. The van der Waals surface area contributed by atoms with Gasteiger partial charge in [0.05, 0.1) is 0 Å². The van der Waals surface area contributed by atoms with Crippen LogP contribution in [-0.2, 0) is 10.2 Å². The predicted octanol–water partition coefficient (Wildman–Crippen LogP) is 5.33. The third kappa shape index (κ3) is 3.95. The minimum Gasteiger partial charge on any atom is -0.355 e. The Morgan fingerprint density at radius 2 is 1.11 bits per heavy atom. The highest BCUT2D eigenvalue weighted by Crippen LogP contribution is 2.39. The first kappa shape index (κ1) is 18.9. The van der Waals surface area contributed by atoms with Crippen LogP contribution >= 0.6 is 0 Å². The van der Waals surface area contributed by atoms with E-state index in [1.807, 2.05) is 91.0 Å². The average molecular weight is 357 g/mol. The summed E-state index contributed by atoms with van der Waals surface area (Å²) in [5, 5.41) is 3.21. The van der Waals surface area contributed by atoms with Gasteiger partial charge in [-0.2, -0.15) is 0 Å². The number of amides is 1. The molecule has 0 aliphatic rings. The number of carbonyl (C=O) groups excluding carboxylic acids is 1. The minimum absolute atomic E-state index is 0.0298. The summed E-state index contributed by atoms with van der Waals surface area (Å²) in [4.78, 5) is 13.7. The molecule has 27 heavy (non-hydrogen) atoms. The largest absolute Gasteiger partial charge is 0.355 e. The maximum absolute atomic E-state index is 13.7. The van der Waals surface area contributed by atoms with Gasteiger partial charge in [0.25, 0.3) is 0 Å². The highest BCUT2D eigenvalue weighted by molar-refractivity contribution is 5.96. The van der Waals surface area contributed by atoms with Gasteiger partial charge in [0, 0.05) is 6.54 Å². The van der Waals surface area contributed by atoms with Crippen molar-refractivity contribution in [1.29, 1.82) is 0 Å². The third-order valence-corrected chi connectivity index (χ3v) is 5.03. The van der Waals surface area contributed by atoms with Crippen LogP contribution in [0.5, 0.6) is 0 Å². The lowest BCUT2D eigenvalue weighted by molar-refractivity contribution is -0.124. The molecule has 3 rings (SSSR count). The van der Waals surface area contributed by atoms with Crippen LogP contribution in [0.1, 0.15) is 42.9 Å². The van der Waals surface area contributed by atoms with E-state index in [4.69, 9.17) is 0 Å². The summed E-state index contributed by atoms with van der Waals surface area (Å²) in [5.41, 5.74) is 2.08.